The van der Waals surface area contributed by atoms with E-state index < -0.39 is 0 Å². The van der Waals surface area contributed by atoms with Crippen LogP contribution in [0.4, 0.5) is 4.39 Å². The lowest BCUT2D eigenvalue weighted by molar-refractivity contribution is 0.165. The minimum absolute atomic E-state index is 0.284. The number of hydrogen-bond donors (Lipinski definition) is 1. The lowest BCUT2D eigenvalue weighted by Crippen LogP contribution is -2.19. The summed E-state index contributed by atoms with van der Waals surface area (Å²) in [7, 11) is 0. The summed E-state index contributed by atoms with van der Waals surface area (Å²) in [6.07, 6.45) is 0.999. The van der Waals surface area contributed by atoms with Crippen molar-refractivity contribution in [3.63, 3.8) is 0 Å². The first-order valence-corrected chi connectivity index (χ1v) is 7.35. The predicted octanol–water partition coefficient (Wildman–Crippen LogP) is 2.99. The van der Waals surface area contributed by atoms with Gasteiger partial charge in [-0.1, -0.05) is 19.9 Å². The molecule has 2 rings (SSSR count). The molecule has 3 nitrogen and oxygen atoms in total. The molecule has 1 fully saturated rings. The highest BCUT2D eigenvalue weighted by atomic mass is 19.1. The topological polar surface area (TPSA) is 30.5 Å². The fourth-order valence-electron chi connectivity index (χ4n) is 2.20. The van der Waals surface area contributed by atoms with E-state index in [0.717, 1.165) is 31.7 Å². The Hall–Kier alpha value is -1.13. The van der Waals surface area contributed by atoms with Crippen LogP contribution in [0.3, 0.4) is 0 Å². The number of benzene rings is 1. The molecule has 1 unspecified atom stereocenters. The van der Waals surface area contributed by atoms with E-state index in [1.807, 2.05) is 6.07 Å². The molecule has 1 saturated heterocycles. The van der Waals surface area contributed by atoms with Crippen molar-refractivity contribution in [3.05, 3.63) is 29.6 Å². The minimum Gasteiger partial charge on any atom is -0.490 e. The summed E-state index contributed by atoms with van der Waals surface area (Å²) in [5, 5.41) is 3.30. The van der Waals surface area contributed by atoms with Gasteiger partial charge in [0.15, 0.2) is 11.6 Å². The van der Waals surface area contributed by atoms with Gasteiger partial charge in [-0.2, -0.15) is 0 Å². The third kappa shape index (κ3) is 4.76. The molecule has 0 amide bonds. The second-order valence-corrected chi connectivity index (χ2v) is 5.83. The molecule has 1 aliphatic heterocycles. The average Bonchev–Trinajstić information content (AvgIpc) is 2.90. The Morgan fingerprint density at radius 3 is 2.95 bits per heavy atom. The molecule has 1 aromatic rings. The Kier molecular flexibility index (Phi) is 5.80. The molecule has 1 aliphatic rings. The maximum Gasteiger partial charge on any atom is 0.165 e. The fraction of sp³-hybridized carbons (Fsp3) is 0.625. The van der Waals surface area contributed by atoms with Crippen LogP contribution in [0.2, 0.25) is 0 Å². The van der Waals surface area contributed by atoms with Crippen LogP contribution in [-0.2, 0) is 11.3 Å². The van der Waals surface area contributed by atoms with Gasteiger partial charge in [0.2, 0.25) is 0 Å². The standard InChI is InChI=1S/C16H24FNO2/c1-12(2)8-18-9-13-3-4-16(15(17)7-13)20-11-14-5-6-19-10-14/h3-4,7,12,14,18H,5-6,8-11H2,1-2H3. The van der Waals surface area contributed by atoms with Crippen molar-refractivity contribution in [2.75, 3.05) is 26.4 Å². The summed E-state index contributed by atoms with van der Waals surface area (Å²) in [6, 6.07) is 5.18. The lowest BCUT2D eigenvalue weighted by Gasteiger charge is -2.12. The number of rotatable bonds is 7. The Balaban J connectivity index is 1.81. The van der Waals surface area contributed by atoms with Crippen molar-refractivity contribution in [2.45, 2.75) is 26.8 Å². The molecule has 1 heterocycles. The van der Waals surface area contributed by atoms with Crippen molar-refractivity contribution in [2.24, 2.45) is 11.8 Å². The van der Waals surface area contributed by atoms with E-state index in [9.17, 15) is 4.39 Å². The molecule has 0 aliphatic carbocycles. The number of nitrogens with one attached hydrogen (secondary N) is 1. The zero-order valence-corrected chi connectivity index (χ0v) is 12.3. The first-order valence-electron chi connectivity index (χ1n) is 7.35. The van der Waals surface area contributed by atoms with E-state index in [4.69, 9.17) is 9.47 Å². The van der Waals surface area contributed by atoms with Crippen molar-refractivity contribution < 1.29 is 13.9 Å². The molecule has 1 atom stereocenters. The first kappa shape index (κ1) is 15.3. The van der Waals surface area contributed by atoms with Gasteiger partial charge in [-0.05, 0) is 36.6 Å². The van der Waals surface area contributed by atoms with Crippen molar-refractivity contribution in [1.29, 1.82) is 0 Å². The van der Waals surface area contributed by atoms with Gasteiger partial charge in [0, 0.05) is 19.1 Å². The second-order valence-electron chi connectivity index (χ2n) is 5.83. The number of halogens is 1. The molecule has 0 bridgehead atoms. The fourth-order valence-corrected chi connectivity index (χ4v) is 2.20. The zero-order valence-electron chi connectivity index (χ0n) is 12.3. The molecule has 112 valence electrons. The monoisotopic (exact) mass is 281 g/mol. The van der Waals surface area contributed by atoms with Crippen LogP contribution in [0.1, 0.15) is 25.8 Å². The molecule has 0 spiro atoms. The van der Waals surface area contributed by atoms with Gasteiger partial charge < -0.3 is 14.8 Å². The molecule has 20 heavy (non-hydrogen) atoms. The second kappa shape index (κ2) is 7.60. The van der Waals surface area contributed by atoms with E-state index in [0.29, 0.717) is 30.7 Å². The molecule has 1 N–H and O–H groups in total. The van der Waals surface area contributed by atoms with Gasteiger partial charge in [0.1, 0.15) is 0 Å². The van der Waals surface area contributed by atoms with Crippen LogP contribution < -0.4 is 10.1 Å². The average molecular weight is 281 g/mol. The third-order valence-electron chi connectivity index (χ3n) is 3.38. The molecule has 0 saturated carbocycles. The number of hydrogen-bond acceptors (Lipinski definition) is 3. The maximum atomic E-state index is 13.9. The van der Waals surface area contributed by atoms with Crippen molar-refractivity contribution >= 4 is 0 Å². The van der Waals surface area contributed by atoms with E-state index >= 15 is 0 Å². The summed E-state index contributed by atoms with van der Waals surface area (Å²) in [5.74, 6) is 1.04. The van der Waals surface area contributed by atoms with Gasteiger partial charge in [-0.25, -0.2) is 4.39 Å². The normalized spacial score (nSPS) is 18.7. The van der Waals surface area contributed by atoms with Crippen molar-refractivity contribution in [1.82, 2.24) is 5.32 Å². The zero-order chi connectivity index (χ0) is 14.4. The SMILES string of the molecule is CC(C)CNCc1ccc(OCC2CCOC2)c(F)c1. The first-order chi connectivity index (χ1) is 9.65. The van der Waals surface area contributed by atoms with Gasteiger partial charge in [0.05, 0.1) is 13.2 Å². The Morgan fingerprint density at radius 1 is 1.45 bits per heavy atom. The molecule has 0 radical (unpaired) electrons. The van der Waals surface area contributed by atoms with E-state index in [1.165, 1.54) is 0 Å². The molecule has 4 heteroatoms. The maximum absolute atomic E-state index is 13.9. The molecular formula is C16H24FNO2. The summed E-state index contributed by atoms with van der Waals surface area (Å²) in [4.78, 5) is 0. The smallest absolute Gasteiger partial charge is 0.165 e. The summed E-state index contributed by atoms with van der Waals surface area (Å²) in [6.45, 7) is 7.96. The van der Waals surface area contributed by atoms with Crippen LogP contribution >= 0.6 is 0 Å². The van der Waals surface area contributed by atoms with Gasteiger partial charge >= 0.3 is 0 Å². The summed E-state index contributed by atoms with van der Waals surface area (Å²) in [5.41, 5.74) is 0.944. The quantitative estimate of drug-likeness (QED) is 0.833. The molecule has 1 aromatic carbocycles. The largest absolute Gasteiger partial charge is 0.490 e. The summed E-state index contributed by atoms with van der Waals surface area (Å²) >= 11 is 0. The van der Waals surface area contributed by atoms with Crippen LogP contribution in [0.25, 0.3) is 0 Å². The van der Waals surface area contributed by atoms with E-state index in [-0.39, 0.29) is 5.82 Å². The highest BCUT2D eigenvalue weighted by molar-refractivity contribution is 5.29. The lowest BCUT2D eigenvalue weighted by atomic mass is 10.1. The van der Waals surface area contributed by atoms with E-state index in [2.05, 4.69) is 19.2 Å². The highest BCUT2D eigenvalue weighted by Crippen LogP contribution is 2.21. The minimum atomic E-state index is -0.284. The summed E-state index contributed by atoms with van der Waals surface area (Å²) < 4.78 is 24.7. The van der Waals surface area contributed by atoms with Crippen LogP contribution in [0, 0.1) is 17.7 Å². The van der Waals surface area contributed by atoms with E-state index in [1.54, 1.807) is 12.1 Å². The van der Waals surface area contributed by atoms with Crippen molar-refractivity contribution in [3.8, 4) is 5.75 Å². The Bertz CT molecular complexity index is 417. The predicted molar refractivity (Wildman–Crippen MR) is 77.4 cm³/mol. The Morgan fingerprint density at radius 2 is 2.30 bits per heavy atom. The molecule has 0 aromatic heterocycles. The third-order valence-corrected chi connectivity index (χ3v) is 3.38. The highest BCUT2D eigenvalue weighted by Gasteiger charge is 2.17. The van der Waals surface area contributed by atoms with Gasteiger partial charge in [0.25, 0.3) is 0 Å². The molecular weight excluding hydrogens is 257 g/mol. The van der Waals surface area contributed by atoms with Crippen LogP contribution in [-0.4, -0.2) is 26.4 Å². The van der Waals surface area contributed by atoms with Crippen LogP contribution in [0.5, 0.6) is 5.75 Å². The van der Waals surface area contributed by atoms with Gasteiger partial charge in [-0.15, -0.1) is 0 Å². The number of ether oxygens (including phenoxy) is 2. The van der Waals surface area contributed by atoms with Gasteiger partial charge in [-0.3, -0.25) is 0 Å². The Labute approximate surface area is 120 Å². The van der Waals surface area contributed by atoms with Crippen LogP contribution in [0.15, 0.2) is 18.2 Å².